The van der Waals surface area contributed by atoms with E-state index in [0.717, 1.165) is 33.2 Å². The van der Waals surface area contributed by atoms with Gasteiger partial charge in [-0.1, -0.05) is 66.7 Å². The molecule has 0 spiro atoms. The predicted molar refractivity (Wildman–Crippen MR) is 171 cm³/mol. The van der Waals surface area contributed by atoms with E-state index in [-0.39, 0.29) is 11.7 Å². The number of hydrogen-bond acceptors (Lipinski definition) is 3. The number of carbonyl (C=O) groups excluding carboxylic acids is 2. The van der Waals surface area contributed by atoms with Crippen LogP contribution in [0.4, 0.5) is 0 Å². The Hall–Kier alpha value is -4.68. The maximum atomic E-state index is 14.1. The second kappa shape index (κ2) is 11.7. The Morgan fingerprint density at radius 2 is 1.36 bits per heavy atom. The van der Waals surface area contributed by atoms with E-state index >= 15 is 0 Å². The zero-order valence-corrected chi connectivity index (χ0v) is 24.5. The largest absolute Gasteiger partial charge is 0.344 e. The van der Waals surface area contributed by atoms with Crippen LogP contribution in [0.3, 0.4) is 0 Å². The molecule has 2 aromatic heterocycles. The van der Waals surface area contributed by atoms with Crippen molar-refractivity contribution in [2.24, 2.45) is 7.05 Å². The normalized spacial score (nSPS) is 16.0. The summed E-state index contributed by atoms with van der Waals surface area (Å²) < 4.78 is 4.36. The number of aromatic nitrogens is 2. The lowest BCUT2D eigenvalue weighted by atomic mass is 9.95. The molecule has 0 aliphatic carbocycles. The average Bonchev–Trinajstić information content (AvgIpc) is 3.50. The van der Waals surface area contributed by atoms with Crippen LogP contribution in [0.1, 0.15) is 23.4 Å². The SMILES string of the molecule is CN(C)CCC(=O)N1C/C(=C\c2cc3ccccc3n2C)C(=O)/C(=C/c2cc3ccccc3n2Cc2ccccc2)C1. The van der Waals surface area contributed by atoms with Crippen molar-refractivity contribution in [1.29, 1.82) is 0 Å². The molecule has 0 saturated carbocycles. The molecule has 42 heavy (non-hydrogen) atoms. The second-order valence-corrected chi connectivity index (χ2v) is 11.4. The predicted octanol–water partition coefficient (Wildman–Crippen LogP) is 6.01. The number of carbonyl (C=O) groups is 2. The number of Topliss-reactive ketones (excluding diaryl/α,β-unsaturated/α-hetero) is 1. The van der Waals surface area contributed by atoms with Gasteiger partial charge in [-0.25, -0.2) is 0 Å². The number of aryl methyl sites for hydroxylation is 1. The molecule has 1 fully saturated rings. The summed E-state index contributed by atoms with van der Waals surface area (Å²) in [6.07, 6.45) is 4.36. The molecule has 1 saturated heterocycles. The van der Waals surface area contributed by atoms with Crippen molar-refractivity contribution in [3.63, 3.8) is 0 Å². The zero-order valence-electron chi connectivity index (χ0n) is 24.5. The fraction of sp³-hybridized carbons (Fsp3) is 0.222. The summed E-state index contributed by atoms with van der Waals surface area (Å²) in [7, 11) is 5.95. The first-order valence-electron chi connectivity index (χ1n) is 14.4. The molecule has 0 N–H and O–H groups in total. The second-order valence-electron chi connectivity index (χ2n) is 11.4. The highest BCUT2D eigenvalue weighted by atomic mass is 16.2. The molecule has 0 atom stereocenters. The molecule has 6 nitrogen and oxygen atoms in total. The van der Waals surface area contributed by atoms with Crippen molar-refractivity contribution in [2.45, 2.75) is 13.0 Å². The van der Waals surface area contributed by atoms with E-state index in [1.165, 1.54) is 5.56 Å². The van der Waals surface area contributed by atoms with E-state index in [1.807, 2.05) is 85.6 Å². The van der Waals surface area contributed by atoms with Gasteiger partial charge in [-0.3, -0.25) is 9.59 Å². The number of ketones is 1. The van der Waals surface area contributed by atoms with Gasteiger partial charge >= 0.3 is 0 Å². The van der Waals surface area contributed by atoms with Gasteiger partial charge in [0.2, 0.25) is 5.91 Å². The van der Waals surface area contributed by atoms with Crippen LogP contribution in [0, 0.1) is 0 Å². The van der Waals surface area contributed by atoms with Gasteiger partial charge in [-0.2, -0.15) is 0 Å². The number of likely N-dealkylation sites (tertiary alicyclic amines) is 1. The highest BCUT2D eigenvalue weighted by Gasteiger charge is 2.29. The first-order chi connectivity index (χ1) is 20.4. The minimum Gasteiger partial charge on any atom is -0.344 e. The molecule has 3 heterocycles. The fourth-order valence-electron chi connectivity index (χ4n) is 5.79. The summed E-state index contributed by atoms with van der Waals surface area (Å²) in [5, 5.41) is 2.24. The van der Waals surface area contributed by atoms with Crippen molar-refractivity contribution in [1.82, 2.24) is 18.9 Å². The first-order valence-corrected chi connectivity index (χ1v) is 14.4. The fourth-order valence-corrected chi connectivity index (χ4v) is 5.79. The lowest BCUT2D eigenvalue weighted by Gasteiger charge is -2.30. The van der Waals surface area contributed by atoms with Gasteiger partial charge in [0.1, 0.15) is 0 Å². The van der Waals surface area contributed by atoms with Crippen molar-refractivity contribution in [3.05, 3.63) is 119 Å². The molecule has 6 heteroatoms. The number of hydrogen-bond donors (Lipinski definition) is 0. The number of benzene rings is 3. The summed E-state index contributed by atoms with van der Waals surface area (Å²) in [6.45, 7) is 1.95. The van der Waals surface area contributed by atoms with Gasteiger partial charge in [-0.05, 0) is 56.1 Å². The molecule has 1 amide bonds. The third kappa shape index (κ3) is 5.58. The molecular weight excluding hydrogens is 520 g/mol. The number of piperidine rings is 1. The molecule has 1 aliphatic rings. The average molecular weight is 557 g/mol. The standard InChI is InChI=1S/C36H36N4O2/c1-37(2)18-17-35(41)39-24-29(21-31-19-27-13-7-9-15-33(27)38(31)3)36(42)30(25-39)22-32-20-28-14-8-10-16-34(28)40(32)23-26-11-5-4-6-12-26/h4-16,19-22H,17-18,23-25H2,1-3H3/b29-21+,30-22+. The molecule has 5 aromatic rings. The molecule has 6 rings (SSSR count). The van der Waals surface area contributed by atoms with Crippen LogP contribution in [0.25, 0.3) is 34.0 Å². The van der Waals surface area contributed by atoms with Crippen LogP contribution < -0.4 is 0 Å². The summed E-state index contributed by atoms with van der Waals surface area (Å²) in [5.74, 6) is 0.0447. The summed E-state index contributed by atoms with van der Waals surface area (Å²) in [5.41, 5.74) is 6.55. The van der Waals surface area contributed by atoms with Crippen molar-refractivity contribution >= 4 is 45.6 Å². The van der Waals surface area contributed by atoms with Crippen LogP contribution in [0.15, 0.2) is 102 Å². The van der Waals surface area contributed by atoms with Crippen molar-refractivity contribution in [3.8, 4) is 0 Å². The van der Waals surface area contributed by atoms with E-state index in [0.29, 0.717) is 43.7 Å². The smallest absolute Gasteiger partial charge is 0.224 e. The molecule has 0 unspecified atom stereocenters. The Balaban J connectivity index is 1.43. The van der Waals surface area contributed by atoms with Gasteiger partial charge < -0.3 is 18.9 Å². The first kappa shape index (κ1) is 27.5. The third-order valence-corrected chi connectivity index (χ3v) is 8.09. The Labute approximate surface area is 246 Å². The Bertz CT molecular complexity index is 1840. The van der Waals surface area contributed by atoms with Gasteiger partial charge in [-0.15, -0.1) is 0 Å². The Morgan fingerprint density at radius 1 is 0.786 bits per heavy atom. The summed E-state index contributed by atoms with van der Waals surface area (Å²) in [6, 6.07) is 31.1. The number of amides is 1. The van der Waals surface area contributed by atoms with Crippen LogP contribution in [-0.4, -0.2) is 64.4 Å². The number of para-hydroxylation sites is 2. The third-order valence-electron chi connectivity index (χ3n) is 8.09. The maximum Gasteiger partial charge on any atom is 0.224 e. The maximum absolute atomic E-state index is 14.1. The number of fused-ring (bicyclic) bond motifs is 2. The highest BCUT2D eigenvalue weighted by Crippen LogP contribution is 2.28. The topological polar surface area (TPSA) is 50.5 Å². The lowest BCUT2D eigenvalue weighted by Crippen LogP contribution is -2.42. The quantitative estimate of drug-likeness (QED) is 0.231. The molecule has 212 valence electrons. The molecule has 0 bridgehead atoms. The highest BCUT2D eigenvalue weighted by molar-refractivity contribution is 6.15. The van der Waals surface area contributed by atoms with Crippen LogP contribution >= 0.6 is 0 Å². The zero-order chi connectivity index (χ0) is 29.2. The van der Waals surface area contributed by atoms with Crippen molar-refractivity contribution < 1.29 is 9.59 Å². The van der Waals surface area contributed by atoms with E-state index in [2.05, 4.69) is 57.7 Å². The van der Waals surface area contributed by atoms with Crippen LogP contribution in [0.2, 0.25) is 0 Å². The minimum atomic E-state index is -0.00608. The van der Waals surface area contributed by atoms with E-state index in [1.54, 1.807) is 0 Å². The lowest BCUT2D eigenvalue weighted by molar-refractivity contribution is -0.131. The molecule has 3 aromatic carbocycles. The molecule has 0 radical (unpaired) electrons. The minimum absolute atomic E-state index is 0.00608. The molecule has 1 aliphatic heterocycles. The van der Waals surface area contributed by atoms with Gasteiger partial charge in [0, 0.05) is 84.0 Å². The van der Waals surface area contributed by atoms with Gasteiger partial charge in [0.05, 0.1) is 0 Å². The monoisotopic (exact) mass is 556 g/mol. The van der Waals surface area contributed by atoms with Gasteiger partial charge in [0.15, 0.2) is 5.78 Å². The van der Waals surface area contributed by atoms with Gasteiger partial charge in [0.25, 0.3) is 0 Å². The Morgan fingerprint density at radius 3 is 2.02 bits per heavy atom. The summed E-state index contributed by atoms with van der Waals surface area (Å²) >= 11 is 0. The number of nitrogens with zero attached hydrogens (tertiary/aromatic N) is 4. The Kier molecular flexibility index (Phi) is 7.64. The van der Waals surface area contributed by atoms with E-state index in [9.17, 15) is 9.59 Å². The van der Waals surface area contributed by atoms with Crippen LogP contribution in [0.5, 0.6) is 0 Å². The van der Waals surface area contributed by atoms with Crippen LogP contribution in [-0.2, 0) is 23.2 Å². The van der Waals surface area contributed by atoms with E-state index < -0.39 is 0 Å². The van der Waals surface area contributed by atoms with Crippen molar-refractivity contribution in [2.75, 3.05) is 33.7 Å². The van der Waals surface area contributed by atoms with E-state index in [4.69, 9.17) is 0 Å². The molecular formula is C36H36N4O2. The summed E-state index contributed by atoms with van der Waals surface area (Å²) in [4.78, 5) is 31.3. The number of rotatable bonds is 7.